The van der Waals surface area contributed by atoms with E-state index in [-0.39, 0.29) is 23.0 Å². The Kier molecular flexibility index (Phi) is 6.28. The van der Waals surface area contributed by atoms with Gasteiger partial charge in [-0.3, -0.25) is 9.59 Å². The van der Waals surface area contributed by atoms with E-state index in [1.54, 1.807) is 18.2 Å². The van der Waals surface area contributed by atoms with Crippen molar-refractivity contribution in [3.63, 3.8) is 0 Å². The van der Waals surface area contributed by atoms with E-state index in [0.29, 0.717) is 10.7 Å². The largest absolute Gasteiger partial charge is 0.325 e. The molecule has 2 aromatic carbocycles. The third-order valence-corrected chi connectivity index (χ3v) is 4.38. The summed E-state index contributed by atoms with van der Waals surface area (Å²) in [7, 11) is 0. The van der Waals surface area contributed by atoms with Gasteiger partial charge in [0, 0.05) is 5.69 Å². The van der Waals surface area contributed by atoms with Gasteiger partial charge in [-0.1, -0.05) is 30.0 Å². The zero-order valence-corrected chi connectivity index (χ0v) is 15.2. The molecule has 0 saturated heterocycles. The van der Waals surface area contributed by atoms with Gasteiger partial charge in [0.1, 0.15) is 16.7 Å². The first-order chi connectivity index (χ1) is 13.5. The Morgan fingerprint density at radius 2 is 1.75 bits per heavy atom. The fraction of sp³-hybridized carbons (Fsp3) is 0.0526. The third kappa shape index (κ3) is 5.34. The summed E-state index contributed by atoms with van der Waals surface area (Å²) in [5.41, 5.74) is 0.264. The number of benzene rings is 2. The maximum absolute atomic E-state index is 13.6. The second-order valence-corrected chi connectivity index (χ2v) is 6.53. The molecule has 28 heavy (non-hydrogen) atoms. The molecule has 142 valence electrons. The quantitative estimate of drug-likeness (QED) is 0.616. The fourth-order valence-electron chi connectivity index (χ4n) is 2.20. The Bertz CT molecular complexity index is 999. The lowest BCUT2D eigenvalue weighted by Crippen LogP contribution is -2.15. The average molecular weight is 400 g/mol. The zero-order chi connectivity index (χ0) is 19.9. The van der Waals surface area contributed by atoms with Crippen molar-refractivity contribution in [1.29, 1.82) is 0 Å². The Hall–Kier alpha value is -3.33. The molecule has 0 unspecified atom stereocenters. The van der Waals surface area contributed by atoms with Crippen LogP contribution in [0, 0.1) is 11.6 Å². The van der Waals surface area contributed by atoms with Crippen molar-refractivity contribution < 1.29 is 18.4 Å². The minimum Gasteiger partial charge on any atom is -0.325 e. The number of carbonyl (C=O) groups is 2. The van der Waals surface area contributed by atoms with Crippen LogP contribution in [-0.4, -0.2) is 27.8 Å². The van der Waals surface area contributed by atoms with Crippen molar-refractivity contribution in [2.24, 2.45) is 0 Å². The Labute approximate surface area is 163 Å². The smallest absolute Gasteiger partial charge is 0.259 e. The van der Waals surface area contributed by atoms with Crippen molar-refractivity contribution in [2.75, 3.05) is 16.4 Å². The number of aromatic nitrogens is 2. The maximum atomic E-state index is 13.6. The molecule has 0 spiro atoms. The summed E-state index contributed by atoms with van der Waals surface area (Å²) < 4.78 is 26.7. The van der Waals surface area contributed by atoms with Crippen LogP contribution in [0.1, 0.15) is 10.4 Å². The first-order valence-electron chi connectivity index (χ1n) is 8.09. The molecule has 6 nitrogen and oxygen atoms in total. The van der Waals surface area contributed by atoms with Gasteiger partial charge in [-0.25, -0.2) is 8.78 Å². The van der Waals surface area contributed by atoms with Crippen LogP contribution in [0.3, 0.4) is 0 Å². The lowest BCUT2D eigenvalue weighted by molar-refractivity contribution is -0.113. The lowest BCUT2D eigenvalue weighted by atomic mass is 10.2. The molecule has 0 bridgehead atoms. The summed E-state index contributed by atoms with van der Waals surface area (Å²) in [5, 5.41) is 13.2. The number of carbonyl (C=O) groups excluding carboxylic acids is 2. The van der Waals surface area contributed by atoms with E-state index in [1.165, 1.54) is 42.5 Å². The van der Waals surface area contributed by atoms with E-state index in [2.05, 4.69) is 20.8 Å². The van der Waals surface area contributed by atoms with Crippen molar-refractivity contribution in [1.82, 2.24) is 10.2 Å². The van der Waals surface area contributed by atoms with Crippen molar-refractivity contribution in [3.8, 4) is 0 Å². The minimum absolute atomic E-state index is 0.0477. The number of rotatable bonds is 6. The molecule has 0 aliphatic carbocycles. The molecule has 3 rings (SSSR count). The van der Waals surface area contributed by atoms with Crippen LogP contribution >= 0.6 is 11.8 Å². The molecule has 2 amide bonds. The second kappa shape index (κ2) is 9.05. The molecule has 1 heterocycles. The topological polar surface area (TPSA) is 84.0 Å². The first kappa shape index (κ1) is 19.4. The van der Waals surface area contributed by atoms with Gasteiger partial charge in [0.05, 0.1) is 11.3 Å². The summed E-state index contributed by atoms with van der Waals surface area (Å²) in [5.74, 6) is -1.83. The second-order valence-electron chi connectivity index (χ2n) is 5.54. The molecular formula is C19H14F2N4O2S. The van der Waals surface area contributed by atoms with Gasteiger partial charge in [0.25, 0.3) is 5.91 Å². The van der Waals surface area contributed by atoms with E-state index in [4.69, 9.17) is 0 Å². The highest BCUT2D eigenvalue weighted by Gasteiger charge is 2.12. The molecule has 0 radical (unpaired) electrons. The molecule has 0 atom stereocenters. The molecular weight excluding hydrogens is 386 g/mol. The first-order valence-corrected chi connectivity index (χ1v) is 9.07. The van der Waals surface area contributed by atoms with Gasteiger partial charge >= 0.3 is 0 Å². The normalized spacial score (nSPS) is 10.4. The Balaban J connectivity index is 1.52. The summed E-state index contributed by atoms with van der Waals surface area (Å²) in [6.07, 6.45) is 0. The van der Waals surface area contributed by atoms with Crippen molar-refractivity contribution in [2.45, 2.75) is 5.03 Å². The van der Waals surface area contributed by atoms with E-state index in [9.17, 15) is 18.4 Å². The van der Waals surface area contributed by atoms with Gasteiger partial charge in [0.2, 0.25) is 5.91 Å². The molecule has 9 heteroatoms. The van der Waals surface area contributed by atoms with Gasteiger partial charge in [0.15, 0.2) is 5.82 Å². The zero-order valence-electron chi connectivity index (χ0n) is 14.4. The monoisotopic (exact) mass is 400 g/mol. The molecule has 3 aromatic rings. The number of thioether (sulfide) groups is 1. The Morgan fingerprint density at radius 1 is 0.929 bits per heavy atom. The highest BCUT2D eigenvalue weighted by Crippen LogP contribution is 2.17. The van der Waals surface area contributed by atoms with Gasteiger partial charge in [-0.2, -0.15) is 0 Å². The number of nitrogens with one attached hydrogen (secondary N) is 2. The van der Waals surface area contributed by atoms with Crippen LogP contribution in [0.4, 0.5) is 20.3 Å². The average Bonchev–Trinajstić information content (AvgIpc) is 2.68. The standard InChI is InChI=1S/C19H14F2N4O2S/c20-12-4-3-5-13(10-12)22-17(26)11-28-18-9-8-16(24-25-18)23-19(27)14-6-1-2-7-15(14)21/h1-10H,11H2,(H,22,26)(H,23,24,27). The number of amides is 2. The van der Waals surface area contributed by atoms with Crippen LogP contribution in [0.2, 0.25) is 0 Å². The number of hydrogen-bond donors (Lipinski definition) is 2. The SMILES string of the molecule is O=C(CSc1ccc(NC(=O)c2ccccc2F)nn1)Nc1cccc(F)c1. The van der Waals surface area contributed by atoms with Gasteiger partial charge in [-0.15, -0.1) is 10.2 Å². The highest BCUT2D eigenvalue weighted by molar-refractivity contribution is 7.99. The van der Waals surface area contributed by atoms with E-state index < -0.39 is 17.5 Å². The summed E-state index contributed by atoms with van der Waals surface area (Å²) in [6, 6.07) is 14.2. The molecule has 0 fully saturated rings. The summed E-state index contributed by atoms with van der Waals surface area (Å²) in [4.78, 5) is 23.9. The predicted molar refractivity (Wildman–Crippen MR) is 102 cm³/mol. The molecule has 2 N–H and O–H groups in total. The fourth-order valence-corrected chi connectivity index (χ4v) is 2.81. The number of halogens is 2. The maximum Gasteiger partial charge on any atom is 0.259 e. The number of anilines is 2. The molecule has 0 aliphatic heterocycles. The third-order valence-electron chi connectivity index (χ3n) is 3.46. The summed E-state index contributed by atoms with van der Waals surface area (Å²) in [6.45, 7) is 0. The number of hydrogen-bond acceptors (Lipinski definition) is 5. The summed E-state index contributed by atoms with van der Waals surface area (Å²) >= 11 is 1.13. The number of nitrogens with zero attached hydrogens (tertiary/aromatic N) is 2. The molecule has 0 aliphatic rings. The lowest BCUT2D eigenvalue weighted by Gasteiger charge is -2.06. The molecule has 0 saturated carbocycles. The van der Waals surface area contributed by atoms with Crippen molar-refractivity contribution in [3.05, 3.63) is 77.9 Å². The van der Waals surface area contributed by atoms with Crippen LogP contribution in [-0.2, 0) is 4.79 Å². The predicted octanol–water partition coefficient (Wildman–Crippen LogP) is 3.74. The van der Waals surface area contributed by atoms with E-state index >= 15 is 0 Å². The highest BCUT2D eigenvalue weighted by atomic mass is 32.2. The van der Waals surface area contributed by atoms with E-state index in [1.807, 2.05) is 0 Å². The Morgan fingerprint density at radius 3 is 2.46 bits per heavy atom. The van der Waals surface area contributed by atoms with Crippen LogP contribution in [0.25, 0.3) is 0 Å². The van der Waals surface area contributed by atoms with Gasteiger partial charge in [-0.05, 0) is 42.5 Å². The minimum atomic E-state index is -0.637. The van der Waals surface area contributed by atoms with E-state index in [0.717, 1.165) is 11.8 Å². The molecule has 1 aromatic heterocycles. The van der Waals surface area contributed by atoms with Crippen LogP contribution in [0.15, 0.2) is 65.7 Å². The van der Waals surface area contributed by atoms with Gasteiger partial charge < -0.3 is 10.6 Å². The van der Waals surface area contributed by atoms with Crippen molar-refractivity contribution >= 4 is 35.1 Å². The van der Waals surface area contributed by atoms with Crippen LogP contribution in [0.5, 0.6) is 0 Å². The van der Waals surface area contributed by atoms with Crippen LogP contribution < -0.4 is 10.6 Å².